The van der Waals surface area contributed by atoms with E-state index >= 15 is 0 Å². The maximum atomic E-state index is 12.3. The summed E-state index contributed by atoms with van der Waals surface area (Å²) in [6, 6.07) is 13.3. The van der Waals surface area contributed by atoms with Crippen LogP contribution in [-0.4, -0.2) is 57.5 Å². The summed E-state index contributed by atoms with van der Waals surface area (Å²) in [7, 11) is 0. The highest BCUT2D eigenvalue weighted by Crippen LogP contribution is 2.26. The largest absolute Gasteiger partial charge is 0.472 e. The number of amides is 2. The standard InChI is InChI=1S/C25H24F3N7O2.ClH/c26-25(27,28)15-31-24(36)32-18-4-1-3-17(11-18)21-14-30-22-12-16(8-10-35(21)22)20-6-7-23(34-33-20)37-19-5-2-9-29-13-19;/h1,3-4,6-8,10-12,14,19,29H,2,5,9,13,15H2,(H2,31,32,36);1H. The van der Waals surface area contributed by atoms with Crippen molar-refractivity contribution in [1.82, 2.24) is 30.2 Å². The zero-order valence-corrected chi connectivity index (χ0v) is 20.9. The monoisotopic (exact) mass is 547 g/mol. The first-order chi connectivity index (χ1) is 17.8. The third kappa shape index (κ3) is 6.69. The lowest BCUT2D eigenvalue weighted by atomic mass is 10.1. The summed E-state index contributed by atoms with van der Waals surface area (Å²) < 4.78 is 44.7. The number of hydrogen-bond donors (Lipinski definition) is 3. The van der Waals surface area contributed by atoms with Crippen molar-refractivity contribution in [1.29, 1.82) is 0 Å². The molecule has 0 aliphatic carbocycles. The summed E-state index contributed by atoms with van der Waals surface area (Å²) in [5.41, 5.74) is 4.01. The molecule has 1 saturated heterocycles. The molecule has 0 spiro atoms. The van der Waals surface area contributed by atoms with Gasteiger partial charge in [-0.15, -0.1) is 22.6 Å². The molecule has 4 aromatic rings. The number of urea groups is 1. The predicted octanol–water partition coefficient (Wildman–Crippen LogP) is 4.69. The Morgan fingerprint density at radius 2 is 2.00 bits per heavy atom. The molecular formula is C25H25ClF3N7O2. The van der Waals surface area contributed by atoms with Crippen LogP contribution >= 0.6 is 12.4 Å². The Hall–Kier alpha value is -3.90. The van der Waals surface area contributed by atoms with E-state index in [1.54, 1.807) is 29.7 Å². The van der Waals surface area contributed by atoms with Crippen LogP contribution in [-0.2, 0) is 0 Å². The van der Waals surface area contributed by atoms with Gasteiger partial charge < -0.3 is 20.7 Å². The average molecular weight is 548 g/mol. The summed E-state index contributed by atoms with van der Waals surface area (Å²) in [5.74, 6) is 0.488. The second-order valence-electron chi connectivity index (χ2n) is 8.63. The number of pyridine rings is 1. The molecule has 38 heavy (non-hydrogen) atoms. The molecule has 2 amide bonds. The first-order valence-electron chi connectivity index (χ1n) is 11.7. The summed E-state index contributed by atoms with van der Waals surface area (Å²) >= 11 is 0. The Bertz CT molecular complexity index is 1390. The number of alkyl halides is 3. The highest BCUT2D eigenvalue weighted by Gasteiger charge is 2.27. The second kappa shape index (κ2) is 11.7. The van der Waals surface area contributed by atoms with E-state index in [1.165, 1.54) is 0 Å². The summed E-state index contributed by atoms with van der Waals surface area (Å²) in [5, 5.41) is 16.0. The van der Waals surface area contributed by atoms with Crippen LogP contribution in [0.5, 0.6) is 5.88 Å². The van der Waals surface area contributed by atoms with Crippen LogP contribution < -0.4 is 20.7 Å². The van der Waals surface area contributed by atoms with Gasteiger partial charge in [-0.25, -0.2) is 9.78 Å². The molecule has 0 bridgehead atoms. The number of benzene rings is 1. The number of imidazole rings is 1. The lowest BCUT2D eigenvalue weighted by Crippen LogP contribution is -2.37. The molecule has 3 N–H and O–H groups in total. The third-order valence-electron chi connectivity index (χ3n) is 5.85. The van der Waals surface area contributed by atoms with Gasteiger partial charge in [-0.1, -0.05) is 12.1 Å². The van der Waals surface area contributed by atoms with Crippen LogP contribution in [0.15, 0.2) is 60.9 Å². The SMILES string of the molecule is Cl.O=C(NCC(F)(F)F)Nc1cccc(-c2cnc3cc(-c4ccc(OC5CCCNC5)nn4)ccn23)c1. The first kappa shape index (κ1) is 27.1. The molecule has 4 heterocycles. The van der Waals surface area contributed by atoms with Crippen molar-refractivity contribution < 1.29 is 22.7 Å². The van der Waals surface area contributed by atoms with E-state index in [4.69, 9.17) is 4.74 Å². The third-order valence-corrected chi connectivity index (χ3v) is 5.85. The Balaban J connectivity index is 0.00000336. The number of carbonyl (C=O) groups excluding carboxylic acids is 1. The van der Waals surface area contributed by atoms with Gasteiger partial charge >= 0.3 is 12.2 Å². The Kier molecular flexibility index (Phi) is 8.32. The number of hydrogen-bond acceptors (Lipinski definition) is 6. The predicted molar refractivity (Wildman–Crippen MR) is 138 cm³/mol. The van der Waals surface area contributed by atoms with Crippen molar-refractivity contribution in [3.63, 3.8) is 0 Å². The van der Waals surface area contributed by atoms with Gasteiger partial charge in [0.25, 0.3) is 0 Å². The molecule has 1 aromatic carbocycles. The molecule has 0 saturated carbocycles. The number of nitrogens with zero attached hydrogens (tertiary/aromatic N) is 4. The first-order valence-corrected chi connectivity index (χ1v) is 11.7. The molecule has 1 aliphatic rings. The van der Waals surface area contributed by atoms with Crippen molar-refractivity contribution in [2.75, 3.05) is 25.0 Å². The fraction of sp³-hybridized carbons (Fsp3) is 0.280. The zero-order chi connectivity index (χ0) is 25.8. The van der Waals surface area contributed by atoms with E-state index in [9.17, 15) is 18.0 Å². The summed E-state index contributed by atoms with van der Waals surface area (Å²) in [4.78, 5) is 16.3. The van der Waals surface area contributed by atoms with Crippen molar-refractivity contribution in [2.24, 2.45) is 0 Å². The van der Waals surface area contributed by atoms with E-state index in [0.29, 0.717) is 22.9 Å². The highest BCUT2D eigenvalue weighted by atomic mass is 35.5. The number of aromatic nitrogens is 4. The van der Waals surface area contributed by atoms with Crippen molar-refractivity contribution in [3.8, 4) is 28.4 Å². The molecule has 5 rings (SSSR count). The van der Waals surface area contributed by atoms with E-state index in [-0.39, 0.29) is 18.5 Å². The number of ether oxygens (including phenoxy) is 1. The molecule has 1 aliphatic heterocycles. The average Bonchev–Trinajstić information content (AvgIpc) is 3.32. The van der Waals surface area contributed by atoms with Crippen LogP contribution in [0.1, 0.15) is 12.8 Å². The van der Waals surface area contributed by atoms with Crippen molar-refractivity contribution >= 4 is 29.8 Å². The van der Waals surface area contributed by atoms with Gasteiger partial charge in [0.2, 0.25) is 5.88 Å². The van der Waals surface area contributed by atoms with E-state index in [1.807, 2.05) is 40.9 Å². The van der Waals surface area contributed by atoms with Crippen LogP contribution in [0.4, 0.5) is 23.7 Å². The van der Waals surface area contributed by atoms with Crippen molar-refractivity contribution in [2.45, 2.75) is 25.1 Å². The maximum Gasteiger partial charge on any atom is 0.405 e. The molecule has 9 nitrogen and oxygen atoms in total. The molecule has 3 aromatic heterocycles. The van der Waals surface area contributed by atoms with Gasteiger partial charge in [-0.05, 0) is 49.7 Å². The van der Waals surface area contributed by atoms with Gasteiger partial charge in [-0.3, -0.25) is 4.40 Å². The topological polar surface area (TPSA) is 105 Å². The van der Waals surface area contributed by atoms with Gasteiger partial charge in [0.1, 0.15) is 18.3 Å². The highest BCUT2D eigenvalue weighted by molar-refractivity contribution is 5.90. The Morgan fingerprint density at radius 1 is 1.13 bits per heavy atom. The molecule has 200 valence electrons. The Morgan fingerprint density at radius 3 is 2.74 bits per heavy atom. The van der Waals surface area contributed by atoms with Crippen LogP contribution in [0, 0.1) is 0 Å². The van der Waals surface area contributed by atoms with Gasteiger partial charge in [-0.2, -0.15) is 13.2 Å². The van der Waals surface area contributed by atoms with Crippen LogP contribution in [0.3, 0.4) is 0 Å². The number of halogens is 4. The molecule has 1 fully saturated rings. The zero-order valence-electron chi connectivity index (χ0n) is 20.0. The second-order valence-corrected chi connectivity index (χ2v) is 8.63. The smallest absolute Gasteiger partial charge is 0.405 e. The van der Waals surface area contributed by atoms with Crippen LogP contribution in [0.2, 0.25) is 0 Å². The van der Waals surface area contributed by atoms with E-state index < -0.39 is 18.8 Å². The molecule has 1 unspecified atom stereocenters. The Labute approximate surface area is 222 Å². The molecule has 13 heteroatoms. The van der Waals surface area contributed by atoms with Crippen molar-refractivity contribution in [3.05, 3.63) is 60.9 Å². The number of carbonyl (C=O) groups is 1. The fourth-order valence-corrected chi connectivity index (χ4v) is 4.09. The lowest BCUT2D eigenvalue weighted by molar-refractivity contribution is -0.122. The fourth-order valence-electron chi connectivity index (χ4n) is 4.09. The molecule has 1 atom stereocenters. The lowest BCUT2D eigenvalue weighted by Gasteiger charge is -2.23. The van der Waals surface area contributed by atoms with E-state index in [0.717, 1.165) is 42.8 Å². The minimum atomic E-state index is -4.48. The quantitative estimate of drug-likeness (QED) is 0.323. The number of fused-ring (bicyclic) bond motifs is 1. The number of piperidine rings is 1. The van der Waals surface area contributed by atoms with E-state index in [2.05, 4.69) is 25.8 Å². The number of rotatable bonds is 6. The van der Waals surface area contributed by atoms with Crippen LogP contribution in [0.25, 0.3) is 28.2 Å². The minimum Gasteiger partial charge on any atom is -0.472 e. The molecule has 0 radical (unpaired) electrons. The summed E-state index contributed by atoms with van der Waals surface area (Å²) in [6.45, 7) is 0.395. The van der Waals surface area contributed by atoms with Gasteiger partial charge in [0.05, 0.1) is 17.6 Å². The molecular weight excluding hydrogens is 523 g/mol. The normalized spacial score (nSPS) is 15.5. The number of anilines is 1. The van der Waals surface area contributed by atoms with Gasteiger partial charge in [0.15, 0.2) is 0 Å². The number of nitrogens with one attached hydrogen (secondary N) is 3. The minimum absolute atomic E-state index is 0. The van der Waals surface area contributed by atoms with Gasteiger partial charge in [0, 0.05) is 35.6 Å². The summed E-state index contributed by atoms with van der Waals surface area (Å²) in [6.07, 6.45) is 1.20. The maximum absolute atomic E-state index is 12.3.